The van der Waals surface area contributed by atoms with Crippen molar-refractivity contribution in [1.29, 1.82) is 0 Å². The molecule has 1 amide bonds. The number of halogens is 1. The molecule has 1 fully saturated rings. The van der Waals surface area contributed by atoms with Crippen LogP contribution in [0.4, 0.5) is 9.18 Å². The molecule has 34 heavy (non-hydrogen) atoms. The fourth-order valence-electron chi connectivity index (χ4n) is 4.65. The summed E-state index contributed by atoms with van der Waals surface area (Å²) in [6, 6.07) is 11.6. The third-order valence-electron chi connectivity index (χ3n) is 6.26. The van der Waals surface area contributed by atoms with Gasteiger partial charge in [-0.2, -0.15) is 5.10 Å². The molecule has 0 spiro atoms. The topological polar surface area (TPSA) is 47.4 Å². The first-order valence-corrected chi connectivity index (χ1v) is 12.1. The molecule has 0 radical (unpaired) electrons. The number of amides is 1. The SMILES string of the molecule is CC/C=C(/c1ccc2c(cnn2C2CCN(C(=O)OC(C)(C)C)CC2)c1)c1ccc(F)cc1C. The van der Waals surface area contributed by atoms with E-state index >= 15 is 0 Å². The highest BCUT2D eigenvalue weighted by Gasteiger charge is 2.28. The van der Waals surface area contributed by atoms with E-state index in [2.05, 4.69) is 35.9 Å². The number of likely N-dealkylation sites (tertiary alicyclic amines) is 1. The summed E-state index contributed by atoms with van der Waals surface area (Å²) in [6.07, 6.45) is 6.44. The van der Waals surface area contributed by atoms with Crippen molar-refractivity contribution in [3.05, 3.63) is 71.2 Å². The van der Waals surface area contributed by atoms with Gasteiger partial charge in [-0.05, 0) is 93.5 Å². The molecule has 6 heteroatoms. The van der Waals surface area contributed by atoms with Crippen molar-refractivity contribution in [1.82, 2.24) is 14.7 Å². The molecule has 3 aromatic rings. The molecule has 0 unspecified atom stereocenters. The Labute approximate surface area is 201 Å². The zero-order chi connectivity index (χ0) is 24.5. The minimum absolute atomic E-state index is 0.216. The average Bonchev–Trinajstić information content (AvgIpc) is 3.20. The largest absolute Gasteiger partial charge is 0.444 e. The van der Waals surface area contributed by atoms with Crippen LogP contribution in [0, 0.1) is 12.7 Å². The van der Waals surface area contributed by atoms with Crippen molar-refractivity contribution in [2.75, 3.05) is 13.1 Å². The van der Waals surface area contributed by atoms with Crippen LogP contribution in [0.15, 0.2) is 48.7 Å². The smallest absolute Gasteiger partial charge is 0.410 e. The molecule has 1 aliphatic heterocycles. The lowest BCUT2D eigenvalue weighted by molar-refractivity contribution is 0.0186. The van der Waals surface area contributed by atoms with Gasteiger partial charge < -0.3 is 9.64 Å². The number of hydrogen-bond acceptors (Lipinski definition) is 3. The van der Waals surface area contributed by atoms with Gasteiger partial charge in [0.15, 0.2) is 0 Å². The second kappa shape index (κ2) is 9.61. The Morgan fingerprint density at radius 3 is 2.56 bits per heavy atom. The summed E-state index contributed by atoms with van der Waals surface area (Å²) >= 11 is 0. The highest BCUT2D eigenvalue weighted by Crippen LogP contribution is 2.32. The van der Waals surface area contributed by atoms with E-state index in [1.807, 2.05) is 40.0 Å². The summed E-state index contributed by atoms with van der Waals surface area (Å²) in [6.45, 7) is 11.0. The van der Waals surface area contributed by atoms with E-state index in [0.29, 0.717) is 13.1 Å². The molecule has 0 atom stereocenters. The first-order valence-electron chi connectivity index (χ1n) is 12.1. The summed E-state index contributed by atoms with van der Waals surface area (Å²) in [5.41, 5.74) is 4.79. The number of aromatic nitrogens is 2. The van der Waals surface area contributed by atoms with Gasteiger partial charge in [-0.25, -0.2) is 9.18 Å². The van der Waals surface area contributed by atoms with E-state index < -0.39 is 5.60 Å². The van der Waals surface area contributed by atoms with Gasteiger partial charge in [0.2, 0.25) is 0 Å². The fraction of sp³-hybridized carbons (Fsp3) is 0.429. The van der Waals surface area contributed by atoms with Crippen LogP contribution in [0.5, 0.6) is 0 Å². The van der Waals surface area contributed by atoms with Crippen LogP contribution < -0.4 is 0 Å². The van der Waals surface area contributed by atoms with E-state index in [1.54, 1.807) is 11.0 Å². The summed E-state index contributed by atoms with van der Waals surface area (Å²) in [5, 5.41) is 5.79. The molecule has 5 nitrogen and oxygen atoms in total. The number of piperidine rings is 1. The van der Waals surface area contributed by atoms with Gasteiger partial charge in [-0.1, -0.05) is 25.1 Å². The molecular weight excluding hydrogens is 429 g/mol. The normalized spacial score (nSPS) is 15.7. The highest BCUT2D eigenvalue weighted by atomic mass is 19.1. The number of rotatable bonds is 4. The maximum Gasteiger partial charge on any atom is 0.410 e. The van der Waals surface area contributed by atoms with Crippen molar-refractivity contribution in [3.63, 3.8) is 0 Å². The van der Waals surface area contributed by atoms with Crippen molar-refractivity contribution < 1.29 is 13.9 Å². The van der Waals surface area contributed by atoms with Crippen LogP contribution in [0.1, 0.15) is 69.7 Å². The first kappa shape index (κ1) is 24.0. The van der Waals surface area contributed by atoms with Crippen LogP contribution in [0.25, 0.3) is 16.5 Å². The van der Waals surface area contributed by atoms with Crippen LogP contribution >= 0.6 is 0 Å². The number of fused-ring (bicyclic) bond motifs is 1. The predicted octanol–water partition coefficient (Wildman–Crippen LogP) is 6.90. The Kier molecular flexibility index (Phi) is 6.78. The minimum Gasteiger partial charge on any atom is -0.444 e. The Morgan fingerprint density at radius 2 is 1.91 bits per heavy atom. The number of carbonyl (C=O) groups is 1. The summed E-state index contributed by atoms with van der Waals surface area (Å²) in [4.78, 5) is 14.2. The molecule has 1 aromatic heterocycles. The molecule has 0 bridgehead atoms. The number of allylic oxidation sites excluding steroid dienone is 1. The highest BCUT2D eigenvalue weighted by molar-refractivity contribution is 5.88. The number of aryl methyl sites for hydroxylation is 1. The van der Waals surface area contributed by atoms with Gasteiger partial charge in [0.1, 0.15) is 11.4 Å². The molecular formula is C28H34FN3O2. The maximum atomic E-state index is 13.7. The van der Waals surface area contributed by atoms with Gasteiger partial charge >= 0.3 is 6.09 Å². The number of benzene rings is 2. The van der Waals surface area contributed by atoms with E-state index in [1.165, 1.54) is 6.07 Å². The first-order chi connectivity index (χ1) is 16.2. The van der Waals surface area contributed by atoms with E-state index in [4.69, 9.17) is 9.84 Å². The third-order valence-corrected chi connectivity index (χ3v) is 6.26. The molecule has 4 rings (SSSR count). The van der Waals surface area contributed by atoms with Gasteiger partial charge in [0, 0.05) is 18.5 Å². The molecule has 1 aliphatic rings. The zero-order valence-corrected chi connectivity index (χ0v) is 20.8. The predicted molar refractivity (Wildman–Crippen MR) is 134 cm³/mol. The van der Waals surface area contributed by atoms with Crippen molar-refractivity contribution in [2.45, 2.75) is 65.5 Å². The van der Waals surface area contributed by atoms with Crippen LogP contribution in [-0.4, -0.2) is 39.5 Å². The number of hydrogen-bond donors (Lipinski definition) is 0. The molecule has 0 N–H and O–H groups in total. The maximum absolute atomic E-state index is 13.7. The Morgan fingerprint density at radius 1 is 1.18 bits per heavy atom. The van der Waals surface area contributed by atoms with Gasteiger partial charge in [0.25, 0.3) is 0 Å². The summed E-state index contributed by atoms with van der Waals surface area (Å²) in [5.74, 6) is -0.216. The lowest BCUT2D eigenvalue weighted by atomic mass is 9.93. The van der Waals surface area contributed by atoms with Gasteiger partial charge in [0.05, 0.1) is 17.8 Å². The van der Waals surface area contributed by atoms with Gasteiger partial charge in [-0.3, -0.25) is 4.68 Å². The molecule has 0 aliphatic carbocycles. The Hall–Kier alpha value is -3.15. The van der Waals surface area contributed by atoms with Crippen molar-refractivity contribution >= 4 is 22.6 Å². The number of carbonyl (C=O) groups excluding carboxylic acids is 1. The fourth-order valence-corrected chi connectivity index (χ4v) is 4.65. The third kappa shape index (κ3) is 5.16. The minimum atomic E-state index is -0.485. The van der Waals surface area contributed by atoms with Crippen LogP contribution in [-0.2, 0) is 4.74 Å². The average molecular weight is 464 g/mol. The lowest BCUT2D eigenvalue weighted by Gasteiger charge is -2.33. The molecule has 180 valence electrons. The van der Waals surface area contributed by atoms with E-state index in [0.717, 1.165) is 52.4 Å². The van der Waals surface area contributed by atoms with Gasteiger partial charge in [-0.15, -0.1) is 0 Å². The molecule has 2 aromatic carbocycles. The molecule has 0 saturated carbocycles. The Balaban J connectivity index is 1.55. The lowest BCUT2D eigenvalue weighted by Crippen LogP contribution is -2.42. The zero-order valence-electron chi connectivity index (χ0n) is 20.8. The van der Waals surface area contributed by atoms with Crippen LogP contribution in [0.2, 0.25) is 0 Å². The number of ether oxygens (including phenoxy) is 1. The second-order valence-corrected chi connectivity index (χ2v) is 10.0. The number of nitrogens with zero attached hydrogens (tertiary/aromatic N) is 3. The monoisotopic (exact) mass is 463 g/mol. The van der Waals surface area contributed by atoms with E-state index in [9.17, 15) is 9.18 Å². The van der Waals surface area contributed by atoms with Crippen molar-refractivity contribution in [2.24, 2.45) is 0 Å². The Bertz CT molecular complexity index is 1210. The van der Waals surface area contributed by atoms with E-state index in [-0.39, 0.29) is 18.0 Å². The molecule has 1 saturated heterocycles. The van der Waals surface area contributed by atoms with Crippen LogP contribution in [0.3, 0.4) is 0 Å². The standard InChI is InChI=1S/C28H34FN3O2/c1-6-7-25(24-10-9-22(29)16-19(24)2)20-8-11-26-21(17-20)18-30-32(26)23-12-14-31(15-13-23)27(33)34-28(3,4)5/h7-11,16-18,23H,6,12-15H2,1-5H3/b25-7-. The summed E-state index contributed by atoms with van der Waals surface area (Å²) < 4.78 is 21.3. The second-order valence-electron chi connectivity index (χ2n) is 10.0. The molecule has 2 heterocycles. The quantitative estimate of drug-likeness (QED) is 0.423. The van der Waals surface area contributed by atoms with Crippen molar-refractivity contribution in [3.8, 4) is 0 Å². The summed E-state index contributed by atoms with van der Waals surface area (Å²) in [7, 11) is 0.